The Balaban J connectivity index is 2.11. The molecular formula is C19H23BrFN3O. The maximum atomic E-state index is 13.4. The van der Waals surface area contributed by atoms with E-state index in [1.54, 1.807) is 12.4 Å². The third-order valence-electron chi connectivity index (χ3n) is 3.79. The van der Waals surface area contributed by atoms with Crippen molar-refractivity contribution < 1.29 is 9.13 Å². The van der Waals surface area contributed by atoms with Crippen molar-refractivity contribution in [2.24, 2.45) is 4.99 Å². The molecule has 6 heteroatoms. The summed E-state index contributed by atoms with van der Waals surface area (Å²) in [5, 5.41) is 0. The first kappa shape index (κ1) is 19.4. The molecular weight excluding hydrogens is 385 g/mol. The molecule has 0 N–H and O–H groups in total. The zero-order chi connectivity index (χ0) is 18.4. The molecule has 25 heavy (non-hydrogen) atoms. The summed E-state index contributed by atoms with van der Waals surface area (Å²) in [7, 11) is 1.96. The van der Waals surface area contributed by atoms with Crippen LogP contribution in [0.2, 0.25) is 0 Å². The first-order valence-corrected chi connectivity index (χ1v) is 8.97. The van der Waals surface area contributed by atoms with Gasteiger partial charge in [0.2, 0.25) is 5.88 Å². The largest absolute Gasteiger partial charge is 0.472 e. The molecule has 2 rings (SSSR count). The molecule has 4 nitrogen and oxygen atoms in total. The molecule has 1 aromatic heterocycles. The molecule has 1 aromatic carbocycles. The topological polar surface area (TPSA) is 37.7 Å². The number of ether oxygens (including phenoxy) is 1. The minimum atomic E-state index is -0.995. The van der Waals surface area contributed by atoms with Gasteiger partial charge in [0, 0.05) is 13.6 Å². The highest BCUT2D eigenvalue weighted by molar-refractivity contribution is 9.10. The minimum absolute atomic E-state index is 0.326. The van der Waals surface area contributed by atoms with Gasteiger partial charge in [-0.05, 0) is 60.0 Å². The first-order chi connectivity index (χ1) is 11.9. The number of hydrogen-bond acceptors (Lipinski definition) is 3. The summed E-state index contributed by atoms with van der Waals surface area (Å²) in [6, 6.07) is 9.21. The Labute approximate surface area is 156 Å². The Hall–Kier alpha value is -1.95. The quantitative estimate of drug-likeness (QED) is 0.457. The Kier molecular flexibility index (Phi) is 6.93. The minimum Gasteiger partial charge on any atom is -0.472 e. The Morgan fingerprint density at radius 1 is 1.40 bits per heavy atom. The molecule has 1 atom stereocenters. The number of halogens is 2. The maximum Gasteiger partial charge on any atom is 0.228 e. The fourth-order valence-electron chi connectivity index (χ4n) is 2.11. The van der Waals surface area contributed by atoms with Crippen LogP contribution in [0.5, 0.6) is 5.88 Å². The molecule has 0 bridgehead atoms. The highest BCUT2D eigenvalue weighted by atomic mass is 79.9. The summed E-state index contributed by atoms with van der Waals surface area (Å²) in [6.07, 6.45) is 0.783. The molecule has 0 saturated carbocycles. The van der Waals surface area contributed by atoms with Crippen LogP contribution in [0.4, 0.5) is 10.1 Å². The molecule has 0 spiro atoms. The van der Waals surface area contributed by atoms with E-state index < -0.39 is 6.17 Å². The van der Waals surface area contributed by atoms with E-state index in [0.717, 1.165) is 28.0 Å². The molecule has 1 unspecified atom stereocenters. The second kappa shape index (κ2) is 8.94. The highest BCUT2D eigenvalue weighted by Gasteiger charge is 2.09. The van der Waals surface area contributed by atoms with Crippen molar-refractivity contribution in [3.05, 3.63) is 51.6 Å². The van der Waals surface area contributed by atoms with Crippen LogP contribution in [-0.2, 0) is 6.61 Å². The number of rotatable bonds is 7. The number of benzene rings is 1. The smallest absolute Gasteiger partial charge is 0.228 e. The van der Waals surface area contributed by atoms with Crippen LogP contribution < -0.4 is 4.74 Å². The molecule has 0 radical (unpaired) electrons. The lowest BCUT2D eigenvalue weighted by atomic mass is 10.1. The van der Waals surface area contributed by atoms with Crippen LogP contribution in [0.3, 0.4) is 0 Å². The van der Waals surface area contributed by atoms with E-state index in [2.05, 4.69) is 32.8 Å². The van der Waals surface area contributed by atoms with Gasteiger partial charge in [0.1, 0.15) is 12.8 Å². The van der Waals surface area contributed by atoms with Gasteiger partial charge in [-0.1, -0.05) is 18.2 Å². The third-order valence-corrected chi connectivity index (χ3v) is 4.35. The van der Waals surface area contributed by atoms with Crippen LogP contribution >= 0.6 is 15.9 Å². The van der Waals surface area contributed by atoms with Gasteiger partial charge < -0.3 is 9.64 Å². The fraction of sp³-hybridized carbons (Fsp3) is 0.368. The summed E-state index contributed by atoms with van der Waals surface area (Å²) >= 11 is 3.48. The molecule has 0 aliphatic carbocycles. The highest BCUT2D eigenvalue weighted by Crippen LogP contribution is 2.30. The molecule has 0 saturated heterocycles. The number of nitrogens with zero attached hydrogens (tertiary/aromatic N) is 3. The van der Waals surface area contributed by atoms with E-state index in [1.165, 1.54) is 6.92 Å². The van der Waals surface area contributed by atoms with Gasteiger partial charge in [-0.3, -0.25) is 0 Å². The Morgan fingerprint density at radius 3 is 2.84 bits per heavy atom. The van der Waals surface area contributed by atoms with Gasteiger partial charge >= 0.3 is 0 Å². The summed E-state index contributed by atoms with van der Waals surface area (Å²) in [5.74, 6) is 0.499. The zero-order valence-corrected chi connectivity index (χ0v) is 16.5. The van der Waals surface area contributed by atoms with Crippen molar-refractivity contribution in [2.75, 3.05) is 13.6 Å². The first-order valence-electron chi connectivity index (χ1n) is 8.18. The molecule has 1 heterocycles. The Bertz CT molecular complexity index is 749. The van der Waals surface area contributed by atoms with Gasteiger partial charge in [-0.25, -0.2) is 14.4 Å². The summed E-state index contributed by atoms with van der Waals surface area (Å²) < 4.78 is 19.9. The van der Waals surface area contributed by atoms with E-state index in [1.807, 2.05) is 43.1 Å². The monoisotopic (exact) mass is 407 g/mol. The predicted molar refractivity (Wildman–Crippen MR) is 103 cm³/mol. The molecule has 134 valence electrons. The average molecular weight is 408 g/mol. The van der Waals surface area contributed by atoms with E-state index in [-0.39, 0.29) is 0 Å². The number of aromatic nitrogens is 1. The van der Waals surface area contributed by atoms with Crippen LogP contribution in [0.25, 0.3) is 0 Å². The molecule has 0 fully saturated rings. The van der Waals surface area contributed by atoms with E-state index in [0.29, 0.717) is 18.1 Å². The summed E-state index contributed by atoms with van der Waals surface area (Å²) in [6.45, 7) is 6.68. The number of alkyl halides is 1. The summed E-state index contributed by atoms with van der Waals surface area (Å²) in [4.78, 5) is 10.9. The third kappa shape index (κ3) is 5.53. The van der Waals surface area contributed by atoms with Crippen molar-refractivity contribution in [1.29, 1.82) is 0 Å². The molecule has 0 amide bonds. The normalized spacial score (nSPS) is 12.4. The molecule has 2 aromatic rings. The Morgan fingerprint density at radius 2 is 2.16 bits per heavy atom. The lowest BCUT2D eigenvalue weighted by Crippen LogP contribution is -2.14. The van der Waals surface area contributed by atoms with Gasteiger partial charge in [0.05, 0.1) is 22.2 Å². The second-order valence-electron chi connectivity index (χ2n) is 5.85. The lowest BCUT2D eigenvalue weighted by Gasteiger charge is -2.12. The predicted octanol–water partition coefficient (Wildman–Crippen LogP) is 5.37. The second-order valence-corrected chi connectivity index (χ2v) is 6.70. The molecule has 0 aliphatic rings. The van der Waals surface area contributed by atoms with Crippen LogP contribution in [0.1, 0.15) is 36.8 Å². The van der Waals surface area contributed by atoms with Gasteiger partial charge in [-0.2, -0.15) is 0 Å². The van der Waals surface area contributed by atoms with Crippen molar-refractivity contribution >= 4 is 28.0 Å². The van der Waals surface area contributed by atoms with E-state index in [4.69, 9.17) is 4.74 Å². The van der Waals surface area contributed by atoms with Gasteiger partial charge in [0.15, 0.2) is 0 Å². The van der Waals surface area contributed by atoms with Crippen molar-refractivity contribution in [1.82, 2.24) is 9.88 Å². The van der Waals surface area contributed by atoms with E-state index >= 15 is 0 Å². The SMILES string of the molecule is CCN(C)C=Nc1cc(Br)c(OCc2cccc(C(C)F)c2)nc1C. The molecule has 0 aliphatic heterocycles. The number of pyridine rings is 1. The number of aryl methyl sites for hydroxylation is 1. The van der Waals surface area contributed by atoms with E-state index in [9.17, 15) is 4.39 Å². The van der Waals surface area contributed by atoms with Crippen molar-refractivity contribution in [3.8, 4) is 5.88 Å². The van der Waals surface area contributed by atoms with Crippen LogP contribution in [0, 0.1) is 6.92 Å². The number of aliphatic imine (C=N–C) groups is 1. The summed E-state index contributed by atoms with van der Waals surface area (Å²) in [5.41, 5.74) is 3.12. The fourth-order valence-corrected chi connectivity index (χ4v) is 2.53. The maximum absolute atomic E-state index is 13.4. The van der Waals surface area contributed by atoms with Crippen LogP contribution in [0.15, 0.2) is 39.8 Å². The number of hydrogen-bond donors (Lipinski definition) is 0. The standard InChI is InChI=1S/C19H23BrFN3O/c1-5-24(4)12-22-18-10-17(20)19(23-14(18)3)25-11-15-7-6-8-16(9-15)13(2)21/h6-10,12-13H,5,11H2,1-4H3. The van der Waals surface area contributed by atoms with Crippen LogP contribution in [-0.4, -0.2) is 29.8 Å². The zero-order valence-electron chi connectivity index (χ0n) is 15.0. The van der Waals surface area contributed by atoms with Gasteiger partial charge in [-0.15, -0.1) is 0 Å². The average Bonchev–Trinajstić information content (AvgIpc) is 2.60. The van der Waals surface area contributed by atoms with Gasteiger partial charge in [0.25, 0.3) is 0 Å². The van der Waals surface area contributed by atoms with Crippen molar-refractivity contribution in [2.45, 2.75) is 33.5 Å². The lowest BCUT2D eigenvalue weighted by molar-refractivity contribution is 0.290. The van der Waals surface area contributed by atoms with Crippen molar-refractivity contribution in [3.63, 3.8) is 0 Å².